The molecule has 0 aliphatic carbocycles. The molecule has 0 unspecified atom stereocenters. The van der Waals surface area contributed by atoms with Crippen molar-refractivity contribution < 1.29 is 8.78 Å². The lowest BCUT2D eigenvalue weighted by atomic mass is 9.81. The fourth-order valence-electron chi connectivity index (χ4n) is 1.37. The van der Waals surface area contributed by atoms with Gasteiger partial charge in [0.25, 0.3) is 6.08 Å². The van der Waals surface area contributed by atoms with Gasteiger partial charge in [-0.1, -0.05) is 34.6 Å². The van der Waals surface area contributed by atoms with Gasteiger partial charge < -0.3 is 0 Å². The van der Waals surface area contributed by atoms with Gasteiger partial charge in [0.15, 0.2) is 0 Å². The van der Waals surface area contributed by atoms with Crippen LogP contribution in [0.1, 0.15) is 34.6 Å². The highest BCUT2D eigenvalue weighted by Crippen LogP contribution is 2.34. The minimum absolute atomic E-state index is 0.0694. The van der Waals surface area contributed by atoms with Gasteiger partial charge >= 0.3 is 0 Å². The Labute approximate surface area is 67.3 Å². The molecule has 0 N–H and O–H groups in total. The van der Waals surface area contributed by atoms with E-state index in [4.69, 9.17) is 0 Å². The first kappa shape index (κ1) is 10.6. The van der Waals surface area contributed by atoms with Gasteiger partial charge in [0.2, 0.25) is 0 Å². The van der Waals surface area contributed by atoms with E-state index in [1.807, 2.05) is 20.8 Å². The second-order valence-electron chi connectivity index (χ2n) is 4.08. The lowest BCUT2D eigenvalue weighted by Crippen LogP contribution is -2.15. The van der Waals surface area contributed by atoms with Crippen LogP contribution in [-0.4, -0.2) is 0 Å². The fraction of sp³-hybridized carbons (Fsp3) is 0.778. The predicted molar refractivity (Wildman–Crippen MR) is 43.5 cm³/mol. The van der Waals surface area contributed by atoms with E-state index in [1.54, 1.807) is 13.8 Å². The highest BCUT2D eigenvalue weighted by atomic mass is 19.3. The molecule has 0 nitrogen and oxygen atoms in total. The fourth-order valence-corrected chi connectivity index (χ4v) is 1.37. The summed E-state index contributed by atoms with van der Waals surface area (Å²) in [5, 5.41) is 0. The van der Waals surface area contributed by atoms with Gasteiger partial charge in [-0.25, -0.2) is 0 Å². The van der Waals surface area contributed by atoms with E-state index >= 15 is 0 Å². The Balaban J connectivity index is 4.80. The molecule has 0 saturated heterocycles. The summed E-state index contributed by atoms with van der Waals surface area (Å²) < 4.78 is 24.7. The van der Waals surface area contributed by atoms with Crippen molar-refractivity contribution in [3.8, 4) is 0 Å². The molecule has 0 heterocycles. The SMILES string of the molecule is CC(C)C(=C(F)F)C(C)(C)C. The average molecular weight is 162 g/mol. The van der Waals surface area contributed by atoms with Crippen molar-refractivity contribution in [1.82, 2.24) is 0 Å². The van der Waals surface area contributed by atoms with E-state index < -0.39 is 11.5 Å². The minimum Gasteiger partial charge on any atom is -0.173 e. The van der Waals surface area contributed by atoms with Gasteiger partial charge in [0.05, 0.1) is 0 Å². The summed E-state index contributed by atoms with van der Waals surface area (Å²) in [6, 6.07) is 0. The molecule has 66 valence electrons. The number of hydrogen-bond acceptors (Lipinski definition) is 0. The molecular weight excluding hydrogens is 146 g/mol. The summed E-state index contributed by atoms with van der Waals surface area (Å²) in [7, 11) is 0. The van der Waals surface area contributed by atoms with Crippen LogP contribution in [0.25, 0.3) is 0 Å². The first-order chi connectivity index (χ1) is 4.76. The summed E-state index contributed by atoms with van der Waals surface area (Å²) in [6.45, 7) is 9.00. The van der Waals surface area contributed by atoms with E-state index in [1.165, 1.54) is 0 Å². The summed E-state index contributed by atoms with van der Waals surface area (Å²) in [5.41, 5.74) is -0.148. The van der Waals surface area contributed by atoms with E-state index in [-0.39, 0.29) is 11.5 Å². The molecule has 0 fully saturated rings. The molecule has 0 aliphatic rings. The van der Waals surface area contributed by atoms with Crippen LogP contribution in [0.2, 0.25) is 0 Å². The zero-order valence-electron chi connectivity index (χ0n) is 7.83. The zero-order valence-corrected chi connectivity index (χ0v) is 7.83. The molecular formula is C9H16F2. The van der Waals surface area contributed by atoms with Gasteiger partial charge in [0.1, 0.15) is 0 Å². The molecule has 0 amide bonds. The first-order valence-electron chi connectivity index (χ1n) is 3.82. The third kappa shape index (κ3) is 3.00. The molecule has 0 bridgehead atoms. The standard InChI is InChI=1S/C9H16F2/c1-6(2)7(8(10)11)9(3,4)5/h6H,1-5H3. The predicted octanol–water partition coefficient (Wildman–Crippen LogP) is 3.84. The molecule has 0 aliphatic heterocycles. The molecule has 0 radical (unpaired) electrons. The number of hydrogen-bond donors (Lipinski definition) is 0. The number of halogens is 2. The summed E-state index contributed by atoms with van der Waals surface area (Å²) in [4.78, 5) is 0. The van der Waals surface area contributed by atoms with E-state index in [9.17, 15) is 8.78 Å². The highest BCUT2D eigenvalue weighted by molar-refractivity contribution is 5.13. The maximum Gasteiger partial charge on any atom is 0.270 e. The zero-order chi connectivity index (χ0) is 9.23. The quantitative estimate of drug-likeness (QED) is 0.549. The molecule has 0 saturated carbocycles. The second kappa shape index (κ2) is 3.33. The van der Waals surface area contributed by atoms with Gasteiger partial charge in [-0.15, -0.1) is 0 Å². The van der Waals surface area contributed by atoms with Gasteiger partial charge in [-0.2, -0.15) is 8.78 Å². The van der Waals surface area contributed by atoms with Crippen molar-refractivity contribution in [2.75, 3.05) is 0 Å². The van der Waals surface area contributed by atoms with E-state index in [0.29, 0.717) is 0 Å². The van der Waals surface area contributed by atoms with Gasteiger partial charge in [-0.05, 0) is 11.3 Å². The van der Waals surface area contributed by atoms with Crippen LogP contribution in [0.4, 0.5) is 8.78 Å². The van der Waals surface area contributed by atoms with Crippen molar-refractivity contribution in [2.24, 2.45) is 11.3 Å². The van der Waals surface area contributed by atoms with Crippen LogP contribution in [0.15, 0.2) is 11.7 Å². The minimum atomic E-state index is -1.52. The van der Waals surface area contributed by atoms with Crippen LogP contribution in [0.5, 0.6) is 0 Å². The van der Waals surface area contributed by atoms with Crippen LogP contribution in [0, 0.1) is 11.3 Å². The molecule has 0 spiro atoms. The van der Waals surface area contributed by atoms with Crippen LogP contribution in [-0.2, 0) is 0 Å². The maximum atomic E-state index is 12.3. The molecule has 0 rings (SSSR count). The van der Waals surface area contributed by atoms with E-state index in [2.05, 4.69) is 0 Å². The van der Waals surface area contributed by atoms with Crippen molar-refractivity contribution >= 4 is 0 Å². The average Bonchev–Trinajstić information content (AvgIpc) is 1.54. The Morgan fingerprint density at radius 2 is 1.45 bits per heavy atom. The van der Waals surface area contributed by atoms with Crippen LogP contribution < -0.4 is 0 Å². The summed E-state index contributed by atoms with van der Waals surface area (Å²) in [6.07, 6.45) is -1.52. The van der Waals surface area contributed by atoms with Crippen molar-refractivity contribution in [3.05, 3.63) is 11.7 Å². The van der Waals surface area contributed by atoms with Crippen molar-refractivity contribution in [1.29, 1.82) is 0 Å². The monoisotopic (exact) mass is 162 g/mol. The third-order valence-electron chi connectivity index (χ3n) is 1.59. The number of rotatable bonds is 1. The maximum absolute atomic E-state index is 12.3. The van der Waals surface area contributed by atoms with E-state index in [0.717, 1.165) is 0 Å². The van der Waals surface area contributed by atoms with Crippen molar-refractivity contribution in [2.45, 2.75) is 34.6 Å². The normalized spacial score (nSPS) is 12.0. The molecule has 0 aromatic heterocycles. The van der Waals surface area contributed by atoms with Crippen molar-refractivity contribution in [3.63, 3.8) is 0 Å². The van der Waals surface area contributed by atoms with Gasteiger partial charge in [-0.3, -0.25) is 0 Å². The highest BCUT2D eigenvalue weighted by Gasteiger charge is 2.24. The Bertz CT molecular complexity index is 157. The van der Waals surface area contributed by atoms with Crippen LogP contribution >= 0.6 is 0 Å². The second-order valence-corrected chi connectivity index (χ2v) is 4.08. The molecule has 0 aromatic carbocycles. The summed E-state index contributed by atoms with van der Waals surface area (Å²) in [5.74, 6) is -0.0694. The Hall–Kier alpha value is -0.400. The molecule has 0 atom stereocenters. The van der Waals surface area contributed by atoms with Crippen LogP contribution in [0.3, 0.4) is 0 Å². The first-order valence-corrected chi connectivity index (χ1v) is 3.82. The van der Waals surface area contributed by atoms with Gasteiger partial charge in [0, 0.05) is 5.57 Å². The smallest absolute Gasteiger partial charge is 0.173 e. The lowest BCUT2D eigenvalue weighted by Gasteiger charge is -2.24. The summed E-state index contributed by atoms with van der Waals surface area (Å²) >= 11 is 0. The molecule has 11 heavy (non-hydrogen) atoms. The number of allylic oxidation sites excluding steroid dienone is 1. The Morgan fingerprint density at radius 1 is 1.09 bits per heavy atom. The third-order valence-corrected chi connectivity index (χ3v) is 1.59. The largest absolute Gasteiger partial charge is 0.270 e. The topological polar surface area (TPSA) is 0 Å². The molecule has 2 heteroatoms. The lowest BCUT2D eigenvalue weighted by molar-refractivity contribution is 0.344. The Morgan fingerprint density at radius 3 is 1.45 bits per heavy atom. The Kier molecular flexibility index (Phi) is 3.21. The molecule has 0 aromatic rings.